The monoisotopic (exact) mass is 520 g/mol. The van der Waals surface area contributed by atoms with Gasteiger partial charge in [-0.15, -0.1) is 0 Å². The third-order valence-corrected chi connectivity index (χ3v) is 5.83. The number of amides is 2. The van der Waals surface area contributed by atoms with Gasteiger partial charge in [-0.3, -0.25) is 9.48 Å². The average molecular weight is 521 g/mol. The molecule has 0 aliphatic rings. The van der Waals surface area contributed by atoms with E-state index in [1.165, 1.54) is 0 Å². The number of H-pyrrole nitrogens is 1. The fraction of sp³-hybridized carbons (Fsp3) is 0.259. The molecule has 0 fully saturated rings. The van der Waals surface area contributed by atoms with Crippen molar-refractivity contribution in [2.75, 3.05) is 5.32 Å². The molecule has 192 valence electrons. The van der Waals surface area contributed by atoms with Gasteiger partial charge in [0.15, 0.2) is 0 Å². The average Bonchev–Trinajstić information content (AvgIpc) is 3.51. The van der Waals surface area contributed by atoms with Crippen molar-refractivity contribution in [1.82, 2.24) is 25.1 Å². The molecule has 2 aromatic heterocycles. The van der Waals surface area contributed by atoms with Crippen LogP contribution in [0, 0.1) is 0 Å². The molecule has 1 atom stereocenters. The molecule has 0 bridgehead atoms. The maximum atomic E-state index is 13.3. The summed E-state index contributed by atoms with van der Waals surface area (Å²) in [7, 11) is 1.84. The molecule has 37 heavy (non-hydrogen) atoms. The molecule has 1 unspecified atom stereocenters. The van der Waals surface area contributed by atoms with Gasteiger partial charge in [0.2, 0.25) is 5.91 Å². The summed E-state index contributed by atoms with van der Waals surface area (Å²) in [5.41, 5.74) is 4.08. The van der Waals surface area contributed by atoms with E-state index in [4.69, 9.17) is 16.3 Å². The summed E-state index contributed by atoms with van der Waals surface area (Å²) in [4.78, 5) is 33.1. The Morgan fingerprint density at radius 1 is 1.11 bits per heavy atom. The lowest BCUT2D eigenvalue weighted by Gasteiger charge is -2.24. The van der Waals surface area contributed by atoms with Gasteiger partial charge in [-0.05, 0) is 56.2 Å². The Hall–Kier alpha value is -4.11. The largest absolute Gasteiger partial charge is 0.444 e. The van der Waals surface area contributed by atoms with Crippen molar-refractivity contribution in [2.24, 2.45) is 7.05 Å². The molecule has 0 spiro atoms. The number of alkyl carbamates (subject to hydrolysis) is 1. The lowest BCUT2D eigenvalue weighted by Crippen LogP contribution is -2.47. The van der Waals surface area contributed by atoms with E-state index in [2.05, 4.69) is 25.7 Å². The number of aromatic nitrogens is 4. The first-order valence-corrected chi connectivity index (χ1v) is 12.1. The number of benzene rings is 2. The Bertz CT molecular complexity index is 1370. The number of carbonyl (C=O) groups excluding carboxylic acids is 2. The molecular weight excluding hydrogens is 492 g/mol. The summed E-state index contributed by atoms with van der Waals surface area (Å²) in [5.74, 6) is -0.402. The van der Waals surface area contributed by atoms with E-state index in [9.17, 15) is 9.59 Å². The second-order valence-electron chi connectivity index (χ2n) is 9.63. The molecule has 0 aliphatic heterocycles. The number of hydrogen-bond donors (Lipinski definition) is 3. The third-order valence-electron chi connectivity index (χ3n) is 5.46. The number of imidazole rings is 1. The van der Waals surface area contributed by atoms with E-state index in [1.54, 1.807) is 62.4 Å². The molecule has 3 N–H and O–H groups in total. The van der Waals surface area contributed by atoms with Crippen LogP contribution in [-0.2, 0) is 23.0 Å². The Balaban J connectivity index is 1.56. The van der Waals surface area contributed by atoms with Gasteiger partial charge >= 0.3 is 6.09 Å². The molecule has 0 aliphatic carbocycles. The van der Waals surface area contributed by atoms with Crippen molar-refractivity contribution in [3.63, 3.8) is 0 Å². The van der Waals surface area contributed by atoms with Gasteiger partial charge in [-0.25, -0.2) is 9.78 Å². The first-order chi connectivity index (χ1) is 17.6. The van der Waals surface area contributed by atoms with Crippen LogP contribution in [-0.4, -0.2) is 43.4 Å². The van der Waals surface area contributed by atoms with Crippen molar-refractivity contribution in [2.45, 2.75) is 38.8 Å². The fourth-order valence-corrected chi connectivity index (χ4v) is 3.93. The molecular formula is C27H29ClN6O3. The van der Waals surface area contributed by atoms with Gasteiger partial charge in [0.25, 0.3) is 0 Å². The number of aromatic amines is 1. The molecule has 4 aromatic rings. The number of anilines is 1. The molecule has 0 radical (unpaired) electrons. The standard InChI is InChI=1S/C27H29ClN6O3/c1-27(2,3)37-26(36)33-23(12-19-11-18(7-10-22(19)28)20-13-31-34(4)15-20)25(35)32-21-8-5-17(6-9-21)24-14-29-16-30-24/h5-11,13-16,23H,12H2,1-4H3,(H,29,30)(H,32,35)(H,33,36). The first-order valence-electron chi connectivity index (χ1n) is 11.7. The summed E-state index contributed by atoms with van der Waals surface area (Å²) in [6.07, 6.45) is 6.50. The van der Waals surface area contributed by atoms with Crippen molar-refractivity contribution >= 4 is 29.3 Å². The summed E-state index contributed by atoms with van der Waals surface area (Å²) in [5, 5.41) is 10.3. The number of hydrogen-bond acceptors (Lipinski definition) is 5. The smallest absolute Gasteiger partial charge is 0.408 e. The van der Waals surface area contributed by atoms with Crippen LogP contribution in [0.5, 0.6) is 0 Å². The van der Waals surface area contributed by atoms with E-state index in [1.807, 2.05) is 37.5 Å². The third kappa shape index (κ3) is 6.98. The zero-order chi connectivity index (χ0) is 26.6. The van der Waals surface area contributed by atoms with E-state index in [0.29, 0.717) is 16.3 Å². The second kappa shape index (κ2) is 10.9. The second-order valence-corrected chi connectivity index (χ2v) is 10.0. The summed E-state index contributed by atoms with van der Waals surface area (Å²) in [6.45, 7) is 5.28. The van der Waals surface area contributed by atoms with Gasteiger partial charge in [-0.2, -0.15) is 5.10 Å². The van der Waals surface area contributed by atoms with Crippen molar-refractivity contribution in [3.8, 4) is 22.4 Å². The highest BCUT2D eigenvalue weighted by Gasteiger charge is 2.26. The maximum Gasteiger partial charge on any atom is 0.408 e. The zero-order valence-corrected chi connectivity index (χ0v) is 21.8. The fourth-order valence-electron chi connectivity index (χ4n) is 3.73. The van der Waals surface area contributed by atoms with Crippen molar-refractivity contribution in [1.29, 1.82) is 0 Å². The summed E-state index contributed by atoms with van der Waals surface area (Å²) >= 11 is 6.50. The number of rotatable bonds is 7. The van der Waals surface area contributed by atoms with Crippen LogP contribution in [0.3, 0.4) is 0 Å². The number of halogens is 1. The molecule has 0 saturated heterocycles. The van der Waals surface area contributed by atoms with Crippen LogP contribution >= 0.6 is 11.6 Å². The van der Waals surface area contributed by atoms with Crippen LogP contribution in [0.2, 0.25) is 5.02 Å². The Labute approximate surface area is 220 Å². The number of aryl methyl sites for hydroxylation is 1. The zero-order valence-electron chi connectivity index (χ0n) is 21.1. The topological polar surface area (TPSA) is 114 Å². The number of ether oxygens (including phenoxy) is 1. The highest BCUT2D eigenvalue weighted by molar-refractivity contribution is 6.31. The highest BCUT2D eigenvalue weighted by atomic mass is 35.5. The van der Waals surface area contributed by atoms with Gasteiger partial charge in [-0.1, -0.05) is 29.8 Å². The first kappa shape index (κ1) is 26.0. The van der Waals surface area contributed by atoms with Gasteiger partial charge < -0.3 is 20.4 Å². The lowest BCUT2D eigenvalue weighted by atomic mass is 10.0. The molecule has 2 aromatic carbocycles. The maximum absolute atomic E-state index is 13.3. The Kier molecular flexibility index (Phi) is 7.63. The van der Waals surface area contributed by atoms with Crippen molar-refractivity contribution < 1.29 is 14.3 Å². The molecule has 4 rings (SSSR count). The summed E-state index contributed by atoms with van der Waals surface area (Å²) in [6, 6.07) is 11.9. The predicted octanol–water partition coefficient (Wildman–Crippen LogP) is 5.21. The SMILES string of the molecule is Cn1cc(-c2ccc(Cl)c(CC(NC(=O)OC(C)(C)C)C(=O)Nc3ccc(-c4c[nH]cn4)cc3)c2)cn1. The minimum absolute atomic E-state index is 0.156. The minimum atomic E-state index is -0.942. The normalized spacial score (nSPS) is 12.1. The van der Waals surface area contributed by atoms with Crippen molar-refractivity contribution in [3.05, 3.63) is 78.0 Å². The molecule has 0 saturated carbocycles. The van der Waals surface area contributed by atoms with E-state index >= 15 is 0 Å². The van der Waals surface area contributed by atoms with E-state index in [0.717, 1.165) is 22.4 Å². The van der Waals surface area contributed by atoms with Crippen LogP contribution in [0.15, 0.2) is 67.4 Å². The lowest BCUT2D eigenvalue weighted by molar-refractivity contribution is -0.118. The Morgan fingerprint density at radius 2 is 1.84 bits per heavy atom. The van der Waals surface area contributed by atoms with E-state index in [-0.39, 0.29) is 6.42 Å². The van der Waals surface area contributed by atoms with Gasteiger partial charge in [0.05, 0.1) is 18.2 Å². The van der Waals surface area contributed by atoms with Crippen LogP contribution in [0.4, 0.5) is 10.5 Å². The van der Waals surface area contributed by atoms with Crippen LogP contribution in [0.1, 0.15) is 26.3 Å². The quantitative estimate of drug-likeness (QED) is 0.310. The van der Waals surface area contributed by atoms with Gasteiger partial charge in [0, 0.05) is 47.7 Å². The Morgan fingerprint density at radius 3 is 2.46 bits per heavy atom. The number of nitrogens with zero attached hydrogens (tertiary/aromatic N) is 3. The predicted molar refractivity (Wildman–Crippen MR) is 143 cm³/mol. The number of carbonyl (C=O) groups is 2. The molecule has 2 amide bonds. The number of nitrogens with one attached hydrogen (secondary N) is 3. The molecule has 2 heterocycles. The molecule has 9 nitrogen and oxygen atoms in total. The highest BCUT2D eigenvalue weighted by Crippen LogP contribution is 2.26. The summed E-state index contributed by atoms with van der Waals surface area (Å²) < 4.78 is 7.12. The minimum Gasteiger partial charge on any atom is -0.444 e. The van der Waals surface area contributed by atoms with E-state index < -0.39 is 23.6 Å². The van der Waals surface area contributed by atoms with Gasteiger partial charge in [0.1, 0.15) is 11.6 Å². The van der Waals surface area contributed by atoms with Crippen LogP contribution in [0.25, 0.3) is 22.4 Å². The van der Waals surface area contributed by atoms with Crippen LogP contribution < -0.4 is 10.6 Å². The molecule has 10 heteroatoms.